The van der Waals surface area contributed by atoms with Crippen LogP contribution in [0.15, 0.2) is 48.8 Å². The number of aromatic nitrogens is 1. The van der Waals surface area contributed by atoms with Gasteiger partial charge in [-0.25, -0.2) is 0 Å². The fourth-order valence-electron chi connectivity index (χ4n) is 3.63. The Balaban J connectivity index is 0.00000196. The van der Waals surface area contributed by atoms with E-state index in [0.29, 0.717) is 32.7 Å². The molecular formula is C18H23ClN4O2S. The maximum atomic E-state index is 13.3. The third-order valence-corrected chi connectivity index (χ3v) is 6.98. The van der Waals surface area contributed by atoms with Gasteiger partial charge in [-0.3, -0.25) is 4.98 Å². The van der Waals surface area contributed by atoms with Gasteiger partial charge in [0.05, 0.1) is 6.04 Å². The van der Waals surface area contributed by atoms with Crippen LogP contribution in [0.4, 0.5) is 0 Å². The van der Waals surface area contributed by atoms with Crippen LogP contribution in [0, 0.1) is 0 Å². The summed E-state index contributed by atoms with van der Waals surface area (Å²) in [5.41, 5.74) is 3.28. The second-order valence-corrected chi connectivity index (χ2v) is 8.36. The second-order valence-electron chi connectivity index (χ2n) is 6.48. The first kappa shape index (κ1) is 19.3. The van der Waals surface area contributed by atoms with E-state index in [1.165, 1.54) is 5.56 Å². The van der Waals surface area contributed by atoms with Gasteiger partial charge in [-0.1, -0.05) is 30.3 Å². The standard InChI is InChI=1S/C18H22N4O2S.ClH/c23-25(24,21-10-7-15-4-1-2-5-17(15)14-21)22-11-9-20-13-18(22)16-6-3-8-19-12-16;/h1-6,8,12,18,20H,7,9-11,13-14H2;1H. The molecule has 1 aromatic heterocycles. The molecule has 2 aliphatic heterocycles. The van der Waals surface area contributed by atoms with E-state index in [2.05, 4.69) is 16.4 Å². The Hall–Kier alpha value is -1.51. The second kappa shape index (κ2) is 8.02. The van der Waals surface area contributed by atoms with Crippen LogP contribution in [-0.4, -0.2) is 48.2 Å². The van der Waals surface area contributed by atoms with Gasteiger partial charge in [-0.2, -0.15) is 17.0 Å². The molecule has 1 unspecified atom stereocenters. The third-order valence-electron chi connectivity index (χ3n) is 4.98. The normalized spacial score (nSPS) is 21.6. The van der Waals surface area contributed by atoms with E-state index in [1.807, 2.05) is 30.3 Å². The lowest BCUT2D eigenvalue weighted by molar-refractivity contribution is 0.242. The van der Waals surface area contributed by atoms with Crippen LogP contribution in [0.25, 0.3) is 0 Å². The highest BCUT2D eigenvalue weighted by molar-refractivity contribution is 7.86. The Bertz CT molecular complexity index is 847. The van der Waals surface area contributed by atoms with Crippen molar-refractivity contribution in [1.82, 2.24) is 18.9 Å². The van der Waals surface area contributed by atoms with Crippen molar-refractivity contribution in [3.05, 3.63) is 65.5 Å². The summed E-state index contributed by atoms with van der Waals surface area (Å²) in [6, 6.07) is 11.7. The molecule has 2 aliphatic rings. The molecule has 3 heterocycles. The van der Waals surface area contributed by atoms with Gasteiger partial charge in [0.25, 0.3) is 10.2 Å². The molecule has 0 radical (unpaired) electrons. The van der Waals surface area contributed by atoms with E-state index in [-0.39, 0.29) is 18.4 Å². The number of hydrogen-bond acceptors (Lipinski definition) is 4. The molecule has 1 saturated heterocycles. The quantitative estimate of drug-likeness (QED) is 0.861. The molecule has 2 aromatic rings. The first-order chi connectivity index (χ1) is 12.2. The number of benzene rings is 1. The lowest BCUT2D eigenvalue weighted by atomic mass is 10.0. The molecule has 1 N–H and O–H groups in total. The molecule has 4 rings (SSSR count). The van der Waals surface area contributed by atoms with E-state index in [1.54, 1.807) is 21.0 Å². The smallest absolute Gasteiger partial charge is 0.282 e. The van der Waals surface area contributed by atoms with Gasteiger partial charge in [0, 0.05) is 45.1 Å². The lowest BCUT2D eigenvalue weighted by Gasteiger charge is -2.39. The van der Waals surface area contributed by atoms with Crippen LogP contribution in [0.3, 0.4) is 0 Å². The minimum Gasteiger partial charge on any atom is -0.313 e. The van der Waals surface area contributed by atoms with Crippen molar-refractivity contribution in [2.24, 2.45) is 0 Å². The van der Waals surface area contributed by atoms with E-state index in [4.69, 9.17) is 0 Å². The molecule has 0 amide bonds. The largest absolute Gasteiger partial charge is 0.313 e. The van der Waals surface area contributed by atoms with Crippen LogP contribution in [-0.2, 0) is 23.2 Å². The highest BCUT2D eigenvalue weighted by Gasteiger charge is 2.38. The van der Waals surface area contributed by atoms with Crippen LogP contribution in [0.2, 0.25) is 0 Å². The summed E-state index contributed by atoms with van der Waals surface area (Å²) >= 11 is 0. The summed E-state index contributed by atoms with van der Waals surface area (Å²) in [6.07, 6.45) is 4.23. The molecule has 140 valence electrons. The molecule has 0 bridgehead atoms. The van der Waals surface area contributed by atoms with E-state index in [0.717, 1.165) is 17.5 Å². The highest BCUT2D eigenvalue weighted by atomic mass is 35.5. The van der Waals surface area contributed by atoms with Gasteiger partial charge in [0.1, 0.15) is 0 Å². The van der Waals surface area contributed by atoms with E-state index >= 15 is 0 Å². The molecule has 1 atom stereocenters. The molecule has 26 heavy (non-hydrogen) atoms. The topological polar surface area (TPSA) is 65.5 Å². The van der Waals surface area contributed by atoms with Gasteiger partial charge in [0.2, 0.25) is 0 Å². The molecular weight excluding hydrogens is 372 g/mol. The fourth-order valence-corrected chi connectivity index (χ4v) is 5.39. The lowest BCUT2D eigenvalue weighted by Crippen LogP contribution is -2.54. The molecule has 0 spiro atoms. The van der Waals surface area contributed by atoms with E-state index in [9.17, 15) is 8.42 Å². The van der Waals surface area contributed by atoms with Crippen molar-refractivity contribution in [3.63, 3.8) is 0 Å². The number of piperazine rings is 1. The number of nitrogens with one attached hydrogen (secondary N) is 1. The predicted octanol–water partition coefficient (Wildman–Crippen LogP) is 1.75. The Morgan fingerprint density at radius 1 is 1.08 bits per heavy atom. The van der Waals surface area contributed by atoms with Crippen molar-refractivity contribution < 1.29 is 8.42 Å². The van der Waals surface area contributed by atoms with Gasteiger partial charge < -0.3 is 5.32 Å². The molecule has 8 heteroatoms. The predicted molar refractivity (Wildman–Crippen MR) is 103 cm³/mol. The van der Waals surface area contributed by atoms with Crippen LogP contribution >= 0.6 is 12.4 Å². The van der Waals surface area contributed by atoms with Crippen LogP contribution < -0.4 is 5.32 Å². The van der Waals surface area contributed by atoms with Crippen molar-refractivity contribution in [2.45, 2.75) is 19.0 Å². The van der Waals surface area contributed by atoms with Gasteiger partial charge in [0.15, 0.2) is 0 Å². The number of hydrogen-bond donors (Lipinski definition) is 1. The zero-order valence-corrected chi connectivity index (χ0v) is 16.0. The van der Waals surface area contributed by atoms with Crippen molar-refractivity contribution in [3.8, 4) is 0 Å². The molecule has 1 aromatic carbocycles. The summed E-state index contributed by atoms with van der Waals surface area (Å²) in [4.78, 5) is 4.16. The number of rotatable bonds is 3. The molecule has 1 fully saturated rings. The first-order valence-corrected chi connectivity index (χ1v) is 10.0. The highest BCUT2D eigenvalue weighted by Crippen LogP contribution is 2.29. The Kier molecular flexibility index (Phi) is 5.94. The minimum absolute atomic E-state index is 0. The zero-order chi connectivity index (χ0) is 17.3. The molecule has 6 nitrogen and oxygen atoms in total. The summed E-state index contributed by atoms with van der Waals surface area (Å²) in [6.45, 7) is 2.72. The number of nitrogens with zero attached hydrogens (tertiary/aromatic N) is 3. The van der Waals surface area contributed by atoms with Gasteiger partial charge in [-0.15, -0.1) is 12.4 Å². The monoisotopic (exact) mass is 394 g/mol. The number of pyridine rings is 1. The molecule has 0 aliphatic carbocycles. The first-order valence-electron chi connectivity index (χ1n) is 8.60. The third kappa shape index (κ3) is 3.63. The maximum absolute atomic E-state index is 13.3. The molecule has 0 saturated carbocycles. The minimum atomic E-state index is -3.53. The number of halogens is 1. The zero-order valence-electron chi connectivity index (χ0n) is 14.4. The Morgan fingerprint density at radius 2 is 1.88 bits per heavy atom. The fraction of sp³-hybridized carbons (Fsp3) is 0.389. The van der Waals surface area contributed by atoms with E-state index < -0.39 is 10.2 Å². The Morgan fingerprint density at radius 3 is 2.65 bits per heavy atom. The van der Waals surface area contributed by atoms with Gasteiger partial charge >= 0.3 is 0 Å². The summed E-state index contributed by atoms with van der Waals surface area (Å²) in [7, 11) is -3.53. The Labute approximate surface area is 160 Å². The van der Waals surface area contributed by atoms with Gasteiger partial charge in [-0.05, 0) is 29.2 Å². The summed E-state index contributed by atoms with van der Waals surface area (Å²) in [5.74, 6) is 0. The van der Waals surface area contributed by atoms with Crippen molar-refractivity contribution in [2.75, 3.05) is 26.2 Å². The average Bonchev–Trinajstić information content (AvgIpc) is 2.68. The van der Waals surface area contributed by atoms with Crippen molar-refractivity contribution >= 4 is 22.6 Å². The average molecular weight is 395 g/mol. The summed E-state index contributed by atoms with van der Waals surface area (Å²) in [5, 5.41) is 3.30. The summed E-state index contributed by atoms with van der Waals surface area (Å²) < 4.78 is 29.9. The maximum Gasteiger partial charge on any atom is 0.282 e. The SMILES string of the molecule is Cl.O=S(=O)(N1CCc2ccccc2C1)N1CCNCC1c1cccnc1. The van der Waals surface area contributed by atoms with Crippen LogP contribution in [0.1, 0.15) is 22.7 Å². The van der Waals surface area contributed by atoms with Crippen molar-refractivity contribution in [1.29, 1.82) is 0 Å². The number of fused-ring (bicyclic) bond motifs is 1. The van der Waals surface area contributed by atoms with Crippen LogP contribution in [0.5, 0.6) is 0 Å².